The predicted molar refractivity (Wildman–Crippen MR) is 325 cm³/mol. The molecule has 6 nitrogen and oxygen atoms in total. The van der Waals surface area contributed by atoms with Crippen molar-refractivity contribution in [1.29, 1.82) is 0 Å². The lowest BCUT2D eigenvalue weighted by molar-refractivity contribution is -0.167. The molecule has 0 spiro atoms. The molecule has 0 aromatic rings. The van der Waals surface area contributed by atoms with Gasteiger partial charge in [0.25, 0.3) is 0 Å². The first-order chi connectivity index (χ1) is 37.0. The first-order valence-electron chi connectivity index (χ1n) is 31.7. The van der Waals surface area contributed by atoms with Gasteiger partial charge in [-0.3, -0.25) is 14.4 Å². The van der Waals surface area contributed by atoms with Gasteiger partial charge in [-0.15, -0.1) is 0 Å². The molecule has 430 valence electrons. The van der Waals surface area contributed by atoms with Crippen molar-refractivity contribution in [2.45, 2.75) is 309 Å². The number of allylic oxidation sites excluding steroid dienone is 16. The van der Waals surface area contributed by atoms with Crippen molar-refractivity contribution in [3.8, 4) is 0 Å². The normalized spacial score (nSPS) is 12.7. The van der Waals surface area contributed by atoms with Crippen LogP contribution in [0.4, 0.5) is 0 Å². The van der Waals surface area contributed by atoms with Gasteiger partial charge < -0.3 is 14.2 Å². The Labute approximate surface area is 464 Å². The monoisotopic (exact) mass is 1040 g/mol. The lowest BCUT2D eigenvalue weighted by atomic mass is 10.0. The number of rotatable bonds is 57. The molecule has 0 radical (unpaired) electrons. The van der Waals surface area contributed by atoms with E-state index in [4.69, 9.17) is 14.2 Å². The molecule has 0 amide bonds. The Kier molecular flexibility index (Phi) is 59.8. The molecule has 1 atom stereocenters. The van der Waals surface area contributed by atoms with Gasteiger partial charge in [-0.25, -0.2) is 0 Å². The van der Waals surface area contributed by atoms with Crippen LogP contribution in [0.25, 0.3) is 0 Å². The SMILES string of the molecule is CC/C=C\C/C=C\C/C=C\C/C=C\C/C=C\CCCCCC(=O)OC(COC(=O)CCCCCCC/C=C\C/C=C\CCCCC)COC(=O)CCCCCCCCCCCCC/C=C\CCCCCCCCCC. The third-order valence-corrected chi connectivity index (χ3v) is 13.5. The topological polar surface area (TPSA) is 78.9 Å². The summed E-state index contributed by atoms with van der Waals surface area (Å²) in [6, 6.07) is 0. The summed E-state index contributed by atoms with van der Waals surface area (Å²) in [6.45, 7) is 6.48. The Morgan fingerprint density at radius 1 is 0.280 bits per heavy atom. The Bertz CT molecular complexity index is 1480. The molecule has 75 heavy (non-hydrogen) atoms. The van der Waals surface area contributed by atoms with Gasteiger partial charge in [0.05, 0.1) is 0 Å². The zero-order valence-electron chi connectivity index (χ0n) is 49.3. The average molecular weight is 1040 g/mol. The summed E-state index contributed by atoms with van der Waals surface area (Å²) in [5, 5.41) is 0. The predicted octanol–water partition coefficient (Wildman–Crippen LogP) is 21.7. The molecule has 1 unspecified atom stereocenters. The summed E-state index contributed by atoms with van der Waals surface area (Å²) in [6.07, 6.45) is 84.1. The minimum Gasteiger partial charge on any atom is -0.462 e. The highest BCUT2D eigenvalue weighted by atomic mass is 16.6. The van der Waals surface area contributed by atoms with Crippen LogP contribution in [0.5, 0.6) is 0 Å². The van der Waals surface area contributed by atoms with Crippen molar-refractivity contribution < 1.29 is 28.6 Å². The third-order valence-electron chi connectivity index (χ3n) is 13.5. The first kappa shape index (κ1) is 71.3. The fraction of sp³-hybridized carbons (Fsp3) is 0.725. The zero-order chi connectivity index (χ0) is 54.3. The van der Waals surface area contributed by atoms with Crippen molar-refractivity contribution in [1.82, 2.24) is 0 Å². The lowest BCUT2D eigenvalue weighted by Gasteiger charge is -2.18. The molecule has 0 heterocycles. The number of carbonyl (C=O) groups excluding carboxylic acids is 3. The van der Waals surface area contributed by atoms with E-state index in [2.05, 4.69) is 118 Å². The van der Waals surface area contributed by atoms with Gasteiger partial charge in [-0.1, -0.05) is 259 Å². The fourth-order valence-electron chi connectivity index (χ4n) is 8.79. The molecule has 0 aliphatic heterocycles. The van der Waals surface area contributed by atoms with Crippen molar-refractivity contribution in [2.75, 3.05) is 13.2 Å². The van der Waals surface area contributed by atoms with E-state index in [1.165, 1.54) is 141 Å². The van der Waals surface area contributed by atoms with Crippen LogP contribution in [0.15, 0.2) is 97.2 Å². The van der Waals surface area contributed by atoms with E-state index in [1.54, 1.807) is 0 Å². The molecule has 0 aliphatic rings. The number of esters is 3. The Morgan fingerprint density at radius 3 is 0.867 bits per heavy atom. The molecule has 6 heteroatoms. The summed E-state index contributed by atoms with van der Waals surface area (Å²) < 4.78 is 16.9. The second-order valence-corrected chi connectivity index (χ2v) is 20.9. The third kappa shape index (κ3) is 61.1. The van der Waals surface area contributed by atoms with E-state index < -0.39 is 6.10 Å². The quantitative estimate of drug-likeness (QED) is 0.0261. The standard InChI is InChI=1S/C69H118O6/c1-4-7-10-13-16-19-22-25-28-30-32-33-34-35-37-38-41-44-47-50-53-56-59-62-68(71)74-65-66(64-73-67(70)61-58-55-52-49-46-43-40-27-24-21-18-15-12-9-6-3)75-69(72)63-60-57-54-51-48-45-42-39-36-31-29-26-23-20-17-14-11-8-5-2/h8,11,17-18,20-21,26-27,29-30,32,36,39-40,45,48,66H,4-7,9-10,12-16,19,22-25,28,31,33-35,37-38,41-44,46-47,49-65H2,1-3H3/b11-8-,20-17-,21-18-,29-26-,32-30-,39-36-,40-27-,48-45-. The molecule has 0 fully saturated rings. The number of ether oxygens (including phenoxy) is 3. The molecule has 0 saturated heterocycles. The van der Waals surface area contributed by atoms with E-state index in [0.29, 0.717) is 12.8 Å². The summed E-state index contributed by atoms with van der Waals surface area (Å²) in [7, 11) is 0. The van der Waals surface area contributed by atoms with E-state index in [-0.39, 0.29) is 37.5 Å². The second kappa shape index (κ2) is 62.9. The fourth-order valence-corrected chi connectivity index (χ4v) is 8.79. The van der Waals surface area contributed by atoms with Crippen molar-refractivity contribution in [3.05, 3.63) is 97.2 Å². The highest BCUT2D eigenvalue weighted by Gasteiger charge is 2.19. The molecule has 0 aromatic heterocycles. The van der Waals surface area contributed by atoms with Crippen LogP contribution in [-0.2, 0) is 28.6 Å². The van der Waals surface area contributed by atoms with Gasteiger partial charge in [0.1, 0.15) is 13.2 Å². The van der Waals surface area contributed by atoms with Crippen molar-refractivity contribution >= 4 is 17.9 Å². The Hall–Kier alpha value is -3.67. The van der Waals surface area contributed by atoms with E-state index >= 15 is 0 Å². The molecule has 0 aliphatic carbocycles. The highest BCUT2D eigenvalue weighted by Crippen LogP contribution is 2.16. The number of hydrogen-bond donors (Lipinski definition) is 0. The molecule has 0 aromatic carbocycles. The Morgan fingerprint density at radius 2 is 0.520 bits per heavy atom. The van der Waals surface area contributed by atoms with Crippen LogP contribution in [0, 0.1) is 0 Å². The highest BCUT2D eigenvalue weighted by molar-refractivity contribution is 5.71. The summed E-state index contributed by atoms with van der Waals surface area (Å²) in [4.78, 5) is 38.3. The minimum atomic E-state index is -0.803. The molecule has 0 rings (SSSR count). The maximum atomic E-state index is 12.9. The van der Waals surface area contributed by atoms with Crippen LogP contribution < -0.4 is 0 Å². The van der Waals surface area contributed by atoms with Gasteiger partial charge in [0.2, 0.25) is 0 Å². The van der Waals surface area contributed by atoms with Crippen LogP contribution in [0.2, 0.25) is 0 Å². The lowest BCUT2D eigenvalue weighted by Crippen LogP contribution is -2.30. The number of carbonyl (C=O) groups is 3. The van der Waals surface area contributed by atoms with E-state index in [1.807, 2.05) is 0 Å². The zero-order valence-corrected chi connectivity index (χ0v) is 49.3. The van der Waals surface area contributed by atoms with Crippen LogP contribution >= 0.6 is 0 Å². The molecular formula is C69H118O6. The number of hydrogen-bond acceptors (Lipinski definition) is 6. The van der Waals surface area contributed by atoms with Crippen LogP contribution in [-0.4, -0.2) is 37.2 Å². The maximum absolute atomic E-state index is 12.9. The smallest absolute Gasteiger partial charge is 0.306 e. The Balaban J connectivity index is 4.41. The first-order valence-corrected chi connectivity index (χ1v) is 31.7. The molecular weight excluding hydrogens is 925 g/mol. The number of unbranched alkanes of at least 4 members (excludes halogenated alkanes) is 30. The van der Waals surface area contributed by atoms with E-state index in [9.17, 15) is 14.4 Å². The maximum Gasteiger partial charge on any atom is 0.306 e. The van der Waals surface area contributed by atoms with Gasteiger partial charge in [0, 0.05) is 19.3 Å². The van der Waals surface area contributed by atoms with Crippen LogP contribution in [0.3, 0.4) is 0 Å². The van der Waals surface area contributed by atoms with Crippen LogP contribution in [0.1, 0.15) is 303 Å². The summed E-state index contributed by atoms with van der Waals surface area (Å²) in [5.74, 6) is -0.935. The average Bonchev–Trinajstić information content (AvgIpc) is 3.41. The van der Waals surface area contributed by atoms with Gasteiger partial charge in [0.15, 0.2) is 6.10 Å². The van der Waals surface area contributed by atoms with Gasteiger partial charge >= 0.3 is 17.9 Å². The van der Waals surface area contributed by atoms with E-state index in [0.717, 1.165) is 122 Å². The minimum absolute atomic E-state index is 0.0956. The summed E-state index contributed by atoms with van der Waals surface area (Å²) >= 11 is 0. The van der Waals surface area contributed by atoms with Crippen molar-refractivity contribution in [3.63, 3.8) is 0 Å². The van der Waals surface area contributed by atoms with Gasteiger partial charge in [-0.05, 0) is 122 Å². The molecule has 0 N–H and O–H groups in total. The summed E-state index contributed by atoms with van der Waals surface area (Å²) in [5.41, 5.74) is 0. The molecule has 0 saturated carbocycles. The largest absolute Gasteiger partial charge is 0.462 e. The van der Waals surface area contributed by atoms with Crippen molar-refractivity contribution in [2.24, 2.45) is 0 Å². The van der Waals surface area contributed by atoms with Gasteiger partial charge in [-0.2, -0.15) is 0 Å². The molecule has 0 bridgehead atoms. The second-order valence-electron chi connectivity index (χ2n) is 20.9.